The minimum atomic E-state index is -4.47. The number of nitrogens with two attached hydrogens (primary N) is 1. The van der Waals surface area contributed by atoms with Crippen LogP contribution >= 0.6 is 0 Å². The van der Waals surface area contributed by atoms with E-state index in [1.807, 2.05) is 41.6 Å². The number of anilines is 1. The van der Waals surface area contributed by atoms with E-state index in [4.69, 9.17) is 10.5 Å². The maximum atomic E-state index is 13.8. The predicted molar refractivity (Wildman–Crippen MR) is 136 cm³/mol. The Balaban J connectivity index is 1.63. The molecule has 2 heterocycles. The standard InChI is InChI=1S/C27H30F3N5O/c1-5-34(6-2)14-19-9-12-21(13-23(19)27(28,29)30)36-20-10-7-18(8-11-20)22-15-35(17(3)4)26-24(22)25(31)32-16-33-26/h7-13,15-17H,5-6,14H2,1-4H3,(H2,31,32,33). The first-order valence-electron chi connectivity index (χ1n) is 11.9. The largest absolute Gasteiger partial charge is 0.457 e. The van der Waals surface area contributed by atoms with Crippen molar-refractivity contribution in [2.45, 2.75) is 46.5 Å². The van der Waals surface area contributed by atoms with Gasteiger partial charge in [-0.2, -0.15) is 13.2 Å². The molecule has 0 aliphatic carbocycles. The van der Waals surface area contributed by atoms with Crippen LogP contribution in [-0.2, 0) is 12.7 Å². The number of alkyl halides is 3. The summed E-state index contributed by atoms with van der Waals surface area (Å²) in [5, 5.41) is 0.762. The van der Waals surface area contributed by atoms with E-state index < -0.39 is 11.7 Å². The van der Waals surface area contributed by atoms with E-state index in [-0.39, 0.29) is 23.9 Å². The van der Waals surface area contributed by atoms with Crippen molar-refractivity contribution in [3.63, 3.8) is 0 Å². The van der Waals surface area contributed by atoms with Gasteiger partial charge in [-0.25, -0.2) is 9.97 Å². The van der Waals surface area contributed by atoms with Gasteiger partial charge in [0.1, 0.15) is 29.3 Å². The van der Waals surface area contributed by atoms with E-state index in [9.17, 15) is 13.2 Å². The van der Waals surface area contributed by atoms with E-state index in [0.29, 0.717) is 24.7 Å². The Hall–Kier alpha value is -3.59. The zero-order valence-corrected chi connectivity index (χ0v) is 20.8. The molecule has 190 valence electrons. The predicted octanol–water partition coefficient (Wildman–Crippen LogP) is 6.91. The number of aromatic nitrogens is 3. The van der Waals surface area contributed by atoms with Crippen LogP contribution < -0.4 is 10.5 Å². The number of halogens is 3. The lowest BCUT2D eigenvalue weighted by Crippen LogP contribution is -2.24. The molecule has 0 aliphatic rings. The van der Waals surface area contributed by atoms with Crippen LogP contribution in [0.25, 0.3) is 22.2 Å². The SMILES string of the molecule is CCN(CC)Cc1ccc(Oc2ccc(-c3cn(C(C)C)c4ncnc(N)c34)cc2)cc1C(F)(F)F. The highest BCUT2D eigenvalue weighted by Crippen LogP contribution is 2.38. The molecule has 0 aliphatic heterocycles. The van der Waals surface area contributed by atoms with Crippen LogP contribution in [0.2, 0.25) is 0 Å². The molecule has 2 N–H and O–H groups in total. The molecule has 0 radical (unpaired) electrons. The van der Waals surface area contributed by atoms with Crippen molar-refractivity contribution in [1.82, 2.24) is 19.4 Å². The number of benzene rings is 2. The normalized spacial score (nSPS) is 12.1. The molecular formula is C27H30F3N5O. The maximum Gasteiger partial charge on any atom is 0.416 e. The summed E-state index contributed by atoms with van der Waals surface area (Å²) in [6.07, 6.45) is -1.04. The molecule has 4 rings (SSSR count). The van der Waals surface area contributed by atoms with Crippen molar-refractivity contribution in [2.24, 2.45) is 0 Å². The van der Waals surface area contributed by atoms with E-state index >= 15 is 0 Å². The van der Waals surface area contributed by atoms with E-state index in [0.717, 1.165) is 28.2 Å². The molecule has 0 unspecified atom stereocenters. The highest BCUT2D eigenvalue weighted by molar-refractivity contribution is 6.00. The Kier molecular flexibility index (Phi) is 7.21. The zero-order chi connectivity index (χ0) is 26.0. The molecule has 0 bridgehead atoms. The summed E-state index contributed by atoms with van der Waals surface area (Å²) >= 11 is 0. The molecule has 2 aromatic heterocycles. The zero-order valence-electron chi connectivity index (χ0n) is 20.8. The third-order valence-corrected chi connectivity index (χ3v) is 6.27. The summed E-state index contributed by atoms with van der Waals surface area (Å²) < 4.78 is 49.2. The monoisotopic (exact) mass is 497 g/mol. The highest BCUT2D eigenvalue weighted by atomic mass is 19.4. The Morgan fingerprint density at radius 2 is 1.67 bits per heavy atom. The van der Waals surface area contributed by atoms with Crippen LogP contribution in [0.15, 0.2) is 55.0 Å². The van der Waals surface area contributed by atoms with Gasteiger partial charge in [-0.05, 0) is 62.3 Å². The summed E-state index contributed by atoms with van der Waals surface area (Å²) in [7, 11) is 0. The van der Waals surface area contributed by atoms with Gasteiger partial charge in [0.05, 0.1) is 10.9 Å². The van der Waals surface area contributed by atoms with Crippen LogP contribution in [0.5, 0.6) is 11.5 Å². The molecule has 0 saturated carbocycles. The fraction of sp³-hybridized carbons (Fsp3) is 0.333. The fourth-order valence-corrected chi connectivity index (χ4v) is 4.27. The van der Waals surface area contributed by atoms with Gasteiger partial charge in [0.25, 0.3) is 0 Å². The van der Waals surface area contributed by atoms with Crippen LogP contribution in [0.1, 0.15) is 44.9 Å². The van der Waals surface area contributed by atoms with Crippen LogP contribution in [-0.4, -0.2) is 32.5 Å². The average Bonchev–Trinajstić information content (AvgIpc) is 3.24. The van der Waals surface area contributed by atoms with Gasteiger partial charge in [-0.1, -0.05) is 32.0 Å². The van der Waals surface area contributed by atoms with Gasteiger partial charge < -0.3 is 15.0 Å². The summed E-state index contributed by atoms with van der Waals surface area (Å²) in [5.74, 6) is 0.951. The van der Waals surface area contributed by atoms with Crippen molar-refractivity contribution in [1.29, 1.82) is 0 Å². The average molecular weight is 498 g/mol. The first kappa shape index (κ1) is 25.5. The summed E-state index contributed by atoms with van der Waals surface area (Å²) in [5.41, 5.74) is 8.22. The topological polar surface area (TPSA) is 69.2 Å². The van der Waals surface area contributed by atoms with Crippen molar-refractivity contribution < 1.29 is 17.9 Å². The second-order valence-electron chi connectivity index (χ2n) is 8.91. The lowest BCUT2D eigenvalue weighted by molar-refractivity contribution is -0.138. The van der Waals surface area contributed by atoms with Gasteiger partial charge in [0.2, 0.25) is 0 Å². The lowest BCUT2D eigenvalue weighted by atomic mass is 10.1. The Morgan fingerprint density at radius 1 is 1.00 bits per heavy atom. The number of fused-ring (bicyclic) bond motifs is 1. The van der Waals surface area contributed by atoms with Crippen molar-refractivity contribution in [3.05, 3.63) is 66.1 Å². The van der Waals surface area contributed by atoms with E-state index in [2.05, 4.69) is 23.8 Å². The first-order chi connectivity index (χ1) is 17.1. The smallest absolute Gasteiger partial charge is 0.416 e. The molecule has 2 aromatic carbocycles. The highest BCUT2D eigenvalue weighted by Gasteiger charge is 2.34. The van der Waals surface area contributed by atoms with Gasteiger partial charge in [-0.15, -0.1) is 0 Å². The molecular weight excluding hydrogens is 467 g/mol. The van der Waals surface area contributed by atoms with Crippen LogP contribution in [0.4, 0.5) is 19.0 Å². The maximum absolute atomic E-state index is 13.8. The van der Waals surface area contributed by atoms with Gasteiger partial charge in [0.15, 0.2) is 0 Å². The van der Waals surface area contributed by atoms with E-state index in [1.54, 1.807) is 18.2 Å². The molecule has 36 heavy (non-hydrogen) atoms. The molecule has 4 aromatic rings. The molecule has 0 amide bonds. The minimum absolute atomic E-state index is 0.132. The Labute approximate surface area is 208 Å². The fourth-order valence-electron chi connectivity index (χ4n) is 4.27. The molecule has 6 nitrogen and oxygen atoms in total. The summed E-state index contributed by atoms with van der Waals surface area (Å²) in [4.78, 5) is 10.5. The van der Waals surface area contributed by atoms with Gasteiger partial charge in [0, 0.05) is 24.3 Å². The van der Waals surface area contributed by atoms with Gasteiger partial charge >= 0.3 is 6.18 Å². The second kappa shape index (κ2) is 10.2. The number of ether oxygens (including phenoxy) is 1. The van der Waals surface area contributed by atoms with Crippen molar-refractivity contribution >= 4 is 16.9 Å². The number of rotatable bonds is 8. The van der Waals surface area contributed by atoms with Crippen molar-refractivity contribution in [3.8, 4) is 22.6 Å². The number of nitrogen functional groups attached to an aromatic ring is 1. The molecule has 0 saturated heterocycles. The Morgan fingerprint density at radius 3 is 2.28 bits per heavy atom. The van der Waals surface area contributed by atoms with E-state index in [1.165, 1.54) is 12.4 Å². The first-order valence-corrected chi connectivity index (χ1v) is 11.9. The number of nitrogens with zero attached hydrogens (tertiary/aromatic N) is 4. The quantitative estimate of drug-likeness (QED) is 0.286. The number of hydrogen-bond acceptors (Lipinski definition) is 5. The Bertz CT molecular complexity index is 1340. The minimum Gasteiger partial charge on any atom is -0.457 e. The van der Waals surface area contributed by atoms with Crippen molar-refractivity contribution in [2.75, 3.05) is 18.8 Å². The third kappa shape index (κ3) is 5.16. The molecule has 0 fully saturated rings. The summed E-state index contributed by atoms with van der Waals surface area (Å²) in [6.45, 7) is 9.55. The third-order valence-electron chi connectivity index (χ3n) is 6.27. The lowest BCUT2D eigenvalue weighted by Gasteiger charge is -2.21. The van der Waals surface area contributed by atoms with Crippen LogP contribution in [0.3, 0.4) is 0 Å². The number of hydrogen-bond donors (Lipinski definition) is 1. The van der Waals surface area contributed by atoms with Crippen LogP contribution in [0, 0.1) is 0 Å². The van der Waals surface area contributed by atoms with Gasteiger partial charge in [-0.3, -0.25) is 4.90 Å². The second-order valence-corrected chi connectivity index (χ2v) is 8.91. The summed E-state index contributed by atoms with van der Waals surface area (Å²) in [6, 6.07) is 11.5. The molecule has 0 atom stereocenters. The molecule has 9 heteroatoms. The molecule has 0 spiro atoms.